The third-order valence-electron chi connectivity index (χ3n) is 7.92. The molecule has 0 bridgehead atoms. The highest BCUT2D eigenvalue weighted by Gasteiger charge is 2.39. The smallest absolute Gasteiger partial charge is 0.252 e. The van der Waals surface area contributed by atoms with Gasteiger partial charge in [-0.1, -0.05) is 26.7 Å². The fraction of sp³-hybridized carbons (Fsp3) is 0.750. The van der Waals surface area contributed by atoms with Gasteiger partial charge in [-0.3, -0.25) is 4.79 Å². The van der Waals surface area contributed by atoms with Crippen molar-refractivity contribution in [2.75, 3.05) is 37.6 Å². The number of rotatable bonds is 6. The minimum absolute atomic E-state index is 0.0137. The summed E-state index contributed by atoms with van der Waals surface area (Å²) in [5.74, 6) is 1.51. The van der Waals surface area contributed by atoms with E-state index in [4.69, 9.17) is 0 Å². The Kier molecular flexibility index (Phi) is 6.43. The molecule has 3 fully saturated rings. The Bertz CT molecular complexity index is 667. The Hall–Kier alpha value is -1.62. The van der Waals surface area contributed by atoms with Gasteiger partial charge in [0, 0.05) is 31.9 Å². The maximum absolute atomic E-state index is 12.3. The maximum atomic E-state index is 12.3. The van der Waals surface area contributed by atoms with E-state index < -0.39 is 0 Å². The molecule has 0 radical (unpaired) electrons. The van der Waals surface area contributed by atoms with E-state index in [9.17, 15) is 4.79 Å². The number of likely N-dealkylation sites (tertiary alicyclic amines) is 1. The average molecular weight is 399 g/mol. The SMILES string of the molecule is CCC(C)CNC(=O)c1ccc(N2CCC3(CC2)CCN(C2CCC2)CC3)nc1. The van der Waals surface area contributed by atoms with Crippen LogP contribution < -0.4 is 10.2 Å². The molecule has 3 aliphatic rings. The molecule has 1 aliphatic carbocycles. The number of nitrogens with one attached hydrogen (secondary N) is 1. The lowest BCUT2D eigenvalue weighted by molar-refractivity contribution is 0.0305. The lowest BCUT2D eigenvalue weighted by Gasteiger charge is -2.50. The number of pyridine rings is 1. The summed E-state index contributed by atoms with van der Waals surface area (Å²) in [6, 6.07) is 4.85. The zero-order valence-electron chi connectivity index (χ0n) is 18.3. The monoisotopic (exact) mass is 398 g/mol. The number of piperidine rings is 2. The molecule has 1 unspecified atom stereocenters. The predicted octanol–water partition coefficient (Wildman–Crippen LogP) is 4.09. The summed E-state index contributed by atoms with van der Waals surface area (Å²) < 4.78 is 0. The Morgan fingerprint density at radius 1 is 1.17 bits per heavy atom. The third kappa shape index (κ3) is 4.76. The first kappa shape index (κ1) is 20.6. The van der Waals surface area contributed by atoms with Crippen molar-refractivity contribution in [3.05, 3.63) is 23.9 Å². The molecule has 0 aromatic carbocycles. The van der Waals surface area contributed by atoms with Crippen molar-refractivity contribution in [3.8, 4) is 0 Å². The normalized spacial score (nSPS) is 23.6. The van der Waals surface area contributed by atoms with E-state index in [1.54, 1.807) is 6.20 Å². The fourth-order valence-electron chi connectivity index (χ4n) is 5.05. The summed E-state index contributed by atoms with van der Waals surface area (Å²) in [7, 11) is 0. The quantitative estimate of drug-likeness (QED) is 0.784. The van der Waals surface area contributed by atoms with Crippen LogP contribution >= 0.6 is 0 Å². The first-order valence-corrected chi connectivity index (χ1v) is 11.8. The van der Waals surface area contributed by atoms with Gasteiger partial charge in [0.25, 0.3) is 5.91 Å². The van der Waals surface area contributed by atoms with Crippen LogP contribution in [0.15, 0.2) is 18.3 Å². The molecule has 2 aliphatic heterocycles. The Morgan fingerprint density at radius 3 is 2.41 bits per heavy atom. The van der Waals surface area contributed by atoms with E-state index in [0.29, 0.717) is 16.9 Å². The van der Waals surface area contributed by atoms with Crippen LogP contribution in [-0.4, -0.2) is 54.6 Å². The van der Waals surface area contributed by atoms with Gasteiger partial charge in [-0.05, 0) is 75.1 Å². The van der Waals surface area contributed by atoms with Crippen molar-refractivity contribution >= 4 is 11.7 Å². The number of nitrogens with zero attached hydrogens (tertiary/aromatic N) is 3. The molecule has 2 saturated heterocycles. The van der Waals surface area contributed by atoms with Gasteiger partial charge in [-0.15, -0.1) is 0 Å². The molecule has 1 atom stereocenters. The van der Waals surface area contributed by atoms with Crippen LogP contribution in [0.25, 0.3) is 0 Å². The summed E-state index contributed by atoms with van der Waals surface area (Å²) in [6.07, 6.45) is 12.4. The summed E-state index contributed by atoms with van der Waals surface area (Å²) in [4.78, 5) is 22.1. The molecule has 1 N–H and O–H groups in total. The van der Waals surface area contributed by atoms with Crippen molar-refractivity contribution in [1.82, 2.24) is 15.2 Å². The molecule has 1 spiro atoms. The molecule has 29 heavy (non-hydrogen) atoms. The standard InChI is InChI=1S/C24H38N4O/c1-3-19(2)17-26-23(29)20-7-8-22(25-18-20)28-15-11-24(12-16-28)9-13-27(14-10-24)21-5-4-6-21/h7-8,18-19,21H,3-6,9-17H2,1-2H3,(H,26,29). The number of aromatic nitrogens is 1. The molecule has 1 amide bonds. The van der Waals surface area contributed by atoms with Gasteiger partial charge in [0.1, 0.15) is 5.82 Å². The number of anilines is 1. The Morgan fingerprint density at radius 2 is 1.86 bits per heavy atom. The van der Waals surface area contributed by atoms with Crippen LogP contribution in [0, 0.1) is 11.3 Å². The van der Waals surface area contributed by atoms with Crippen LogP contribution in [-0.2, 0) is 0 Å². The molecule has 1 saturated carbocycles. The van der Waals surface area contributed by atoms with Crippen molar-refractivity contribution in [3.63, 3.8) is 0 Å². The first-order chi connectivity index (χ1) is 14.1. The highest BCUT2D eigenvalue weighted by molar-refractivity contribution is 5.94. The van der Waals surface area contributed by atoms with Crippen molar-refractivity contribution < 1.29 is 4.79 Å². The lowest BCUT2D eigenvalue weighted by atomic mass is 9.70. The molecular formula is C24H38N4O. The van der Waals surface area contributed by atoms with E-state index in [-0.39, 0.29) is 5.91 Å². The van der Waals surface area contributed by atoms with Gasteiger partial charge in [0.15, 0.2) is 0 Å². The van der Waals surface area contributed by atoms with Crippen molar-refractivity contribution in [1.29, 1.82) is 0 Å². The van der Waals surface area contributed by atoms with Crippen LogP contribution in [0.4, 0.5) is 5.82 Å². The Labute approximate surface area is 176 Å². The highest BCUT2D eigenvalue weighted by Crippen LogP contribution is 2.43. The second kappa shape index (κ2) is 9.03. The van der Waals surface area contributed by atoms with Gasteiger partial charge >= 0.3 is 0 Å². The van der Waals surface area contributed by atoms with Gasteiger partial charge in [0.05, 0.1) is 5.56 Å². The van der Waals surface area contributed by atoms with Crippen molar-refractivity contribution in [2.45, 2.75) is 71.3 Å². The van der Waals surface area contributed by atoms with E-state index >= 15 is 0 Å². The van der Waals surface area contributed by atoms with E-state index in [0.717, 1.165) is 37.9 Å². The van der Waals surface area contributed by atoms with Crippen LogP contribution in [0.2, 0.25) is 0 Å². The summed E-state index contributed by atoms with van der Waals surface area (Å²) in [5, 5.41) is 3.01. The summed E-state index contributed by atoms with van der Waals surface area (Å²) >= 11 is 0. The average Bonchev–Trinajstić information content (AvgIpc) is 2.73. The number of hydrogen-bond donors (Lipinski definition) is 1. The minimum atomic E-state index is -0.0137. The second-order valence-electron chi connectivity index (χ2n) is 9.74. The van der Waals surface area contributed by atoms with Gasteiger partial charge in [-0.25, -0.2) is 4.98 Å². The molecule has 3 heterocycles. The van der Waals surface area contributed by atoms with Crippen LogP contribution in [0.1, 0.15) is 75.6 Å². The first-order valence-electron chi connectivity index (χ1n) is 11.8. The Balaban J connectivity index is 1.26. The van der Waals surface area contributed by atoms with E-state index in [2.05, 4.69) is 33.9 Å². The largest absolute Gasteiger partial charge is 0.357 e. The maximum Gasteiger partial charge on any atom is 0.252 e. The molecule has 1 aromatic heterocycles. The fourth-order valence-corrected chi connectivity index (χ4v) is 5.05. The van der Waals surface area contributed by atoms with Gasteiger partial charge in [0.2, 0.25) is 0 Å². The van der Waals surface area contributed by atoms with Gasteiger partial charge < -0.3 is 15.1 Å². The number of hydrogen-bond acceptors (Lipinski definition) is 4. The molecule has 160 valence electrons. The zero-order valence-corrected chi connectivity index (χ0v) is 18.3. The molecule has 1 aromatic rings. The third-order valence-corrected chi connectivity index (χ3v) is 7.92. The number of carbonyl (C=O) groups excluding carboxylic acids is 1. The highest BCUT2D eigenvalue weighted by atomic mass is 16.1. The summed E-state index contributed by atoms with van der Waals surface area (Å²) in [5.41, 5.74) is 1.22. The van der Waals surface area contributed by atoms with E-state index in [1.165, 1.54) is 58.0 Å². The van der Waals surface area contributed by atoms with Gasteiger partial charge in [-0.2, -0.15) is 0 Å². The predicted molar refractivity (Wildman–Crippen MR) is 118 cm³/mol. The van der Waals surface area contributed by atoms with Crippen LogP contribution in [0.5, 0.6) is 0 Å². The number of carbonyl (C=O) groups is 1. The second-order valence-corrected chi connectivity index (χ2v) is 9.74. The van der Waals surface area contributed by atoms with Crippen LogP contribution in [0.3, 0.4) is 0 Å². The lowest BCUT2D eigenvalue weighted by Crippen LogP contribution is -2.51. The topological polar surface area (TPSA) is 48.5 Å². The molecular weight excluding hydrogens is 360 g/mol. The molecule has 5 nitrogen and oxygen atoms in total. The molecule has 5 heteroatoms. The summed E-state index contributed by atoms with van der Waals surface area (Å²) in [6.45, 7) is 9.83. The van der Waals surface area contributed by atoms with E-state index in [1.807, 2.05) is 12.1 Å². The van der Waals surface area contributed by atoms with Crippen molar-refractivity contribution in [2.24, 2.45) is 11.3 Å². The zero-order chi connectivity index (χ0) is 20.3. The molecule has 4 rings (SSSR count). The number of amides is 1. The minimum Gasteiger partial charge on any atom is -0.357 e.